The molecule has 3 atom stereocenters. The number of rotatable bonds is 3. The second-order valence-corrected chi connectivity index (χ2v) is 8.75. The van der Waals surface area contributed by atoms with E-state index in [1.165, 1.54) is 16.2 Å². The number of nitrogens with zero attached hydrogens (tertiary/aromatic N) is 4. The Morgan fingerprint density at radius 1 is 0.968 bits per heavy atom. The summed E-state index contributed by atoms with van der Waals surface area (Å²) in [4.78, 5) is 34.5. The van der Waals surface area contributed by atoms with Crippen molar-refractivity contribution >= 4 is 17.6 Å². The van der Waals surface area contributed by atoms with Crippen LogP contribution in [0.15, 0.2) is 48.5 Å². The molecule has 0 spiro atoms. The minimum Gasteiger partial charge on any atom is -0.343 e. The summed E-state index contributed by atoms with van der Waals surface area (Å²) in [7, 11) is 1.79. The average molecular weight is 420 g/mol. The lowest BCUT2D eigenvalue weighted by atomic mass is 10.1. The van der Waals surface area contributed by atoms with E-state index in [0.29, 0.717) is 6.54 Å². The summed E-state index contributed by atoms with van der Waals surface area (Å²) in [5.41, 5.74) is 4.46. The molecule has 3 saturated heterocycles. The number of imide groups is 1. The lowest BCUT2D eigenvalue weighted by molar-refractivity contribution is -0.139. The van der Waals surface area contributed by atoms with Crippen LogP contribution in [0.25, 0.3) is 0 Å². The number of benzene rings is 2. The molecule has 2 aromatic rings. The van der Waals surface area contributed by atoms with Gasteiger partial charge in [0.15, 0.2) is 0 Å². The highest BCUT2D eigenvalue weighted by Crippen LogP contribution is 2.34. The third kappa shape index (κ3) is 3.20. The topological polar surface area (TPSA) is 59.1 Å². The van der Waals surface area contributed by atoms with Crippen molar-refractivity contribution in [2.24, 2.45) is 0 Å². The molecule has 5 rings (SSSR count). The molecule has 3 aliphatic rings. The minimum atomic E-state index is -0.386. The Hall–Kier alpha value is -2.90. The number of anilines is 1. The van der Waals surface area contributed by atoms with Gasteiger partial charge in [-0.25, -0.2) is 4.79 Å². The van der Waals surface area contributed by atoms with Crippen molar-refractivity contribution in [1.29, 1.82) is 0 Å². The number of fused-ring (bicyclic) bond motifs is 3. The van der Waals surface area contributed by atoms with E-state index in [0.717, 1.165) is 30.6 Å². The standard InChI is InChI=1S/C24H29N5O2/c1-16-9-4-6-11-18(16)15-29-22(30)20-21(26(3)24(29)31)25-23-27(13-8-14-28(20)23)19-12-7-5-10-17(19)2/h4-7,9-12,20-21,23,25H,8,13-15H2,1-3H3. The van der Waals surface area contributed by atoms with Crippen LogP contribution in [0.2, 0.25) is 0 Å². The van der Waals surface area contributed by atoms with E-state index in [-0.39, 0.29) is 30.4 Å². The Morgan fingerprint density at radius 3 is 2.42 bits per heavy atom. The van der Waals surface area contributed by atoms with Gasteiger partial charge in [0.05, 0.1) is 6.54 Å². The van der Waals surface area contributed by atoms with Crippen molar-refractivity contribution < 1.29 is 9.59 Å². The van der Waals surface area contributed by atoms with Crippen molar-refractivity contribution in [3.63, 3.8) is 0 Å². The van der Waals surface area contributed by atoms with Crippen LogP contribution in [0.3, 0.4) is 0 Å². The van der Waals surface area contributed by atoms with Crippen LogP contribution in [0.4, 0.5) is 10.5 Å². The first kappa shape index (κ1) is 20.0. The van der Waals surface area contributed by atoms with Crippen LogP contribution >= 0.6 is 0 Å². The lowest BCUT2D eigenvalue weighted by Crippen LogP contribution is -2.66. The molecule has 3 aliphatic heterocycles. The quantitative estimate of drug-likeness (QED) is 0.828. The number of para-hydroxylation sites is 1. The molecule has 3 amide bonds. The van der Waals surface area contributed by atoms with Gasteiger partial charge in [-0.2, -0.15) is 0 Å². The van der Waals surface area contributed by atoms with Crippen LogP contribution in [0, 0.1) is 13.8 Å². The number of likely N-dealkylation sites (N-methyl/N-ethyl adjacent to an activating group) is 1. The molecule has 0 aromatic heterocycles. The third-order valence-electron chi connectivity index (χ3n) is 6.88. The van der Waals surface area contributed by atoms with Crippen molar-refractivity contribution in [2.45, 2.75) is 45.3 Å². The molecular formula is C24H29N5O2. The summed E-state index contributed by atoms with van der Waals surface area (Å²) in [5.74, 6) is -0.113. The van der Waals surface area contributed by atoms with Crippen molar-refractivity contribution in [2.75, 3.05) is 25.0 Å². The number of amides is 3. The molecule has 1 N–H and O–H groups in total. The largest absolute Gasteiger partial charge is 0.343 e. The number of nitrogens with one attached hydrogen (secondary N) is 1. The molecule has 31 heavy (non-hydrogen) atoms. The Labute approximate surface area is 183 Å². The molecule has 3 fully saturated rings. The maximum Gasteiger partial charge on any atom is 0.328 e. The summed E-state index contributed by atoms with van der Waals surface area (Å²) in [5, 5.41) is 3.59. The van der Waals surface area contributed by atoms with Crippen molar-refractivity contribution in [3.8, 4) is 0 Å². The predicted molar refractivity (Wildman–Crippen MR) is 119 cm³/mol. The first-order chi connectivity index (χ1) is 15.0. The zero-order chi connectivity index (χ0) is 21.7. The van der Waals surface area contributed by atoms with Gasteiger partial charge in [0.1, 0.15) is 18.5 Å². The maximum atomic E-state index is 13.6. The summed E-state index contributed by atoms with van der Waals surface area (Å²) >= 11 is 0. The fourth-order valence-corrected chi connectivity index (χ4v) is 5.15. The monoisotopic (exact) mass is 419 g/mol. The van der Waals surface area contributed by atoms with Gasteiger partial charge in [0, 0.05) is 25.8 Å². The molecule has 2 aromatic carbocycles. The van der Waals surface area contributed by atoms with Gasteiger partial charge < -0.3 is 9.80 Å². The number of carbonyl (C=O) groups is 2. The van der Waals surface area contributed by atoms with Gasteiger partial charge in [-0.05, 0) is 43.0 Å². The first-order valence-electron chi connectivity index (χ1n) is 10.9. The fourth-order valence-electron chi connectivity index (χ4n) is 5.15. The van der Waals surface area contributed by atoms with Gasteiger partial charge in [-0.15, -0.1) is 0 Å². The summed E-state index contributed by atoms with van der Waals surface area (Å²) in [6.45, 7) is 6.17. The molecule has 0 aliphatic carbocycles. The smallest absolute Gasteiger partial charge is 0.328 e. The van der Waals surface area contributed by atoms with E-state index in [9.17, 15) is 9.59 Å². The van der Waals surface area contributed by atoms with Gasteiger partial charge in [-0.1, -0.05) is 42.5 Å². The Morgan fingerprint density at radius 2 is 1.68 bits per heavy atom. The van der Waals surface area contributed by atoms with Crippen molar-refractivity contribution in [1.82, 2.24) is 20.0 Å². The van der Waals surface area contributed by atoms with E-state index in [1.54, 1.807) is 11.9 Å². The second kappa shape index (κ2) is 7.66. The summed E-state index contributed by atoms with van der Waals surface area (Å²) in [6, 6.07) is 15.6. The molecule has 7 heteroatoms. The van der Waals surface area contributed by atoms with Crippen LogP contribution < -0.4 is 10.2 Å². The normalized spacial score (nSPS) is 26.3. The first-order valence-corrected chi connectivity index (χ1v) is 10.9. The van der Waals surface area contributed by atoms with Crippen LogP contribution in [-0.2, 0) is 11.3 Å². The number of urea groups is 1. The highest BCUT2D eigenvalue weighted by molar-refractivity contribution is 6.00. The average Bonchev–Trinajstić information content (AvgIpc) is 3.17. The van der Waals surface area contributed by atoms with E-state index < -0.39 is 0 Å². The number of hydrogen-bond acceptors (Lipinski definition) is 5. The minimum absolute atomic E-state index is 0.109. The highest BCUT2D eigenvalue weighted by atomic mass is 16.2. The SMILES string of the molecule is Cc1ccccc1CN1C(=O)C2C(NC3N(c4ccccc4C)CCCN23)N(C)C1=O. The second-order valence-electron chi connectivity index (χ2n) is 8.75. The molecule has 162 valence electrons. The molecule has 0 saturated carbocycles. The van der Waals surface area contributed by atoms with Crippen molar-refractivity contribution in [3.05, 3.63) is 65.2 Å². The molecule has 0 bridgehead atoms. The zero-order valence-corrected chi connectivity index (χ0v) is 18.3. The summed E-state index contributed by atoms with van der Waals surface area (Å²) < 4.78 is 0. The fraction of sp³-hybridized carbons (Fsp3) is 0.417. The third-order valence-corrected chi connectivity index (χ3v) is 6.88. The van der Waals surface area contributed by atoms with Gasteiger partial charge in [-0.3, -0.25) is 19.9 Å². The van der Waals surface area contributed by atoms with Crippen LogP contribution in [-0.4, -0.2) is 65.3 Å². The Kier molecular flexibility index (Phi) is 4.95. The molecule has 3 unspecified atom stereocenters. The van der Waals surface area contributed by atoms with Gasteiger partial charge in [0.2, 0.25) is 0 Å². The van der Waals surface area contributed by atoms with Crippen LogP contribution in [0.1, 0.15) is 23.1 Å². The predicted octanol–water partition coefficient (Wildman–Crippen LogP) is 2.49. The van der Waals surface area contributed by atoms with E-state index in [2.05, 4.69) is 34.2 Å². The molecular weight excluding hydrogens is 390 g/mol. The molecule has 3 heterocycles. The molecule has 7 nitrogen and oxygen atoms in total. The number of carbonyl (C=O) groups excluding carboxylic acids is 2. The highest BCUT2D eigenvalue weighted by Gasteiger charge is 2.56. The Bertz CT molecular complexity index is 1020. The van der Waals surface area contributed by atoms with E-state index in [1.807, 2.05) is 43.3 Å². The number of aryl methyl sites for hydroxylation is 2. The zero-order valence-electron chi connectivity index (χ0n) is 18.3. The number of hydrogen-bond donors (Lipinski definition) is 1. The maximum absolute atomic E-state index is 13.6. The Balaban J connectivity index is 1.46. The van der Waals surface area contributed by atoms with E-state index in [4.69, 9.17) is 0 Å². The van der Waals surface area contributed by atoms with Gasteiger partial charge in [0.25, 0.3) is 5.91 Å². The van der Waals surface area contributed by atoms with Crippen LogP contribution in [0.5, 0.6) is 0 Å². The summed E-state index contributed by atoms with van der Waals surface area (Å²) in [6.07, 6.45) is 0.531. The lowest BCUT2D eigenvalue weighted by Gasteiger charge is -2.44. The molecule has 0 radical (unpaired) electrons. The van der Waals surface area contributed by atoms with E-state index >= 15 is 0 Å². The van der Waals surface area contributed by atoms with Gasteiger partial charge >= 0.3 is 6.03 Å².